The molecule has 21 heavy (non-hydrogen) atoms. The van der Waals surface area contributed by atoms with Gasteiger partial charge in [0, 0.05) is 21.7 Å². The van der Waals surface area contributed by atoms with Gasteiger partial charge in [0.15, 0.2) is 0 Å². The van der Waals surface area contributed by atoms with E-state index in [9.17, 15) is 0 Å². The highest BCUT2D eigenvalue weighted by Gasteiger charge is 2.12. The molecule has 0 unspecified atom stereocenters. The zero-order chi connectivity index (χ0) is 14.8. The topological polar surface area (TPSA) is 64.9 Å². The Morgan fingerprint density at radius 2 is 1.86 bits per heavy atom. The molecular weight excluding hydrogens is 282 g/mol. The molecule has 0 radical (unpaired) electrons. The van der Waals surface area contributed by atoms with Gasteiger partial charge >= 0.3 is 0 Å². The lowest BCUT2D eigenvalue weighted by atomic mass is 10.1. The Bertz CT molecular complexity index is 765. The van der Waals surface area contributed by atoms with E-state index in [0.29, 0.717) is 11.7 Å². The number of hydrogen-bond donors (Lipinski definition) is 1. The van der Waals surface area contributed by atoms with Gasteiger partial charge in [-0.15, -0.1) is 11.8 Å². The first-order valence-corrected chi connectivity index (χ1v) is 7.74. The van der Waals surface area contributed by atoms with Gasteiger partial charge in [-0.2, -0.15) is 4.98 Å². The zero-order valence-corrected chi connectivity index (χ0v) is 12.6. The van der Waals surface area contributed by atoms with Crippen LogP contribution in [0.3, 0.4) is 0 Å². The number of hydrogen-bond acceptors (Lipinski definition) is 5. The van der Waals surface area contributed by atoms with Crippen molar-refractivity contribution in [1.29, 1.82) is 0 Å². The van der Waals surface area contributed by atoms with Gasteiger partial charge in [0.05, 0.1) is 0 Å². The molecule has 2 N–H and O–H groups in total. The van der Waals surface area contributed by atoms with Crippen LogP contribution >= 0.6 is 11.8 Å². The van der Waals surface area contributed by atoms with Crippen molar-refractivity contribution in [3.8, 4) is 22.8 Å². The second-order valence-corrected chi connectivity index (χ2v) is 5.61. The second-order valence-electron chi connectivity index (χ2n) is 4.73. The van der Waals surface area contributed by atoms with Crippen LogP contribution < -0.4 is 5.73 Å². The van der Waals surface area contributed by atoms with E-state index in [2.05, 4.69) is 10.1 Å². The van der Waals surface area contributed by atoms with Gasteiger partial charge in [-0.3, -0.25) is 0 Å². The van der Waals surface area contributed by atoms with Crippen LogP contribution in [0, 0.1) is 6.92 Å². The van der Waals surface area contributed by atoms with Gasteiger partial charge in [0.2, 0.25) is 5.82 Å². The first-order valence-electron chi connectivity index (χ1n) is 6.52. The number of aryl methyl sites for hydroxylation is 1. The molecule has 0 amide bonds. The average molecular weight is 297 g/mol. The van der Waals surface area contributed by atoms with E-state index in [1.807, 2.05) is 55.6 Å². The summed E-state index contributed by atoms with van der Waals surface area (Å²) in [5, 5.41) is 4.06. The van der Waals surface area contributed by atoms with Crippen LogP contribution in [0.1, 0.15) is 5.56 Å². The fourth-order valence-electron chi connectivity index (χ4n) is 2.12. The number of nitrogens with two attached hydrogens (primary N) is 1. The molecule has 0 fully saturated rings. The van der Waals surface area contributed by atoms with Gasteiger partial charge in [-0.1, -0.05) is 5.16 Å². The average Bonchev–Trinajstić information content (AvgIpc) is 2.97. The van der Waals surface area contributed by atoms with Crippen molar-refractivity contribution in [2.24, 2.45) is 0 Å². The highest BCUT2D eigenvalue weighted by Crippen LogP contribution is 2.27. The summed E-state index contributed by atoms with van der Waals surface area (Å²) >= 11 is 1.70. The number of nitrogens with zero attached hydrogens (tertiary/aromatic N) is 2. The van der Waals surface area contributed by atoms with Crippen molar-refractivity contribution in [3.63, 3.8) is 0 Å². The van der Waals surface area contributed by atoms with Crippen LogP contribution in [0.4, 0.5) is 5.69 Å². The van der Waals surface area contributed by atoms with Gasteiger partial charge in [-0.25, -0.2) is 0 Å². The van der Waals surface area contributed by atoms with E-state index in [4.69, 9.17) is 10.3 Å². The Balaban J connectivity index is 1.95. The van der Waals surface area contributed by atoms with E-state index in [1.165, 1.54) is 4.90 Å². The van der Waals surface area contributed by atoms with Crippen LogP contribution in [0.5, 0.6) is 0 Å². The maximum absolute atomic E-state index is 5.76. The maximum atomic E-state index is 5.76. The zero-order valence-electron chi connectivity index (χ0n) is 11.8. The van der Waals surface area contributed by atoms with E-state index in [1.54, 1.807) is 11.8 Å². The summed E-state index contributed by atoms with van der Waals surface area (Å²) in [7, 11) is 0. The lowest BCUT2D eigenvalue weighted by Gasteiger charge is -2.01. The summed E-state index contributed by atoms with van der Waals surface area (Å²) in [5.41, 5.74) is 9.35. The SMILES string of the molecule is CSc1ccc(-c2noc(-c3ccc(N)cc3C)n2)cc1. The molecule has 3 rings (SSSR count). The quantitative estimate of drug-likeness (QED) is 0.584. The third-order valence-electron chi connectivity index (χ3n) is 3.26. The van der Waals surface area contributed by atoms with Gasteiger partial charge in [0.1, 0.15) is 0 Å². The van der Waals surface area contributed by atoms with Gasteiger partial charge in [-0.05, 0) is 61.2 Å². The summed E-state index contributed by atoms with van der Waals surface area (Å²) in [4.78, 5) is 5.68. The predicted molar refractivity (Wildman–Crippen MR) is 86.1 cm³/mol. The number of benzene rings is 2. The van der Waals surface area contributed by atoms with Crippen molar-refractivity contribution in [1.82, 2.24) is 10.1 Å². The summed E-state index contributed by atoms with van der Waals surface area (Å²) in [6, 6.07) is 13.7. The minimum absolute atomic E-state index is 0.511. The third-order valence-corrected chi connectivity index (χ3v) is 4.00. The van der Waals surface area contributed by atoms with Crippen molar-refractivity contribution in [2.75, 3.05) is 12.0 Å². The number of rotatable bonds is 3. The second kappa shape index (κ2) is 5.61. The van der Waals surface area contributed by atoms with Crippen LogP contribution in [-0.2, 0) is 0 Å². The molecule has 0 aliphatic carbocycles. The first kappa shape index (κ1) is 13.7. The Morgan fingerprint density at radius 3 is 2.52 bits per heavy atom. The molecule has 5 heteroatoms. The fraction of sp³-hybridized carbons (Fsp3) is 0.125. The van der Waals surface area contributed by atoms with Crippen LogP contribution in [-0.4, -0.2) is 16.4 Å². The molecule has 0 bridgehead atoms. The summed E-state index contributed by atoms with van der Waals surface area (Å²) in [5.74, 6) is 1.10. The lowest BCUT2D eigenvalue weighted by Crippen LogP contribution is -1.88. The Labute approximate surface area is 127 Å². The van der Waals surface area contributed by atoms with Crippen LogP contribution in [0.25, 0.3) is 22.8 Å². The smallest absolute Gasteiger partial charge is 0.258 e. The minimum atomic E-state index is 0.511. The maximum Gasteiger partial charge on any atom is 0.258 e. The van der Waals surface area contributed by atoms with Crippen molar-refractivity contribution in [3.05, 3.63) is 48.0 Å². The normalized spacial score (nSPS) is 10.8. The molecule has 4 nitrogen and oxygen atoms in total. The molecule has 0 spiro atoms. The van der Waals surface area contributed by atoms with Crippen LogP contribution in [0.2, 0.25) is 0 Å². The van der Waals surface area contributed by atoms with Crippen LogP contribution in [0.15, 0.2) is 51.9 Å². The molecule has 0 saturated heterocycles. The largest absolute Gasteiger partial charge is 0.399 e. The molecular formula is C16H15N3OS. The first-order chi connectivity index (χ1) is 10.2. The predicted octanol–water partition coefficient (Wildman–Crippen LogP) is 4.02. The third kappa shape index (κ3) is 2.78. The number of aromatic nitrogens is 2. The van der Waals surface area contributed by atoms with Gasteiger partial charge < -0.3 is 10.3 Å². The molecule has 0 aliphatic rings. The molecule has 0 saturated carbocycles. The summed E-state index contributed by atoms with van der Waals surface area (Å²) in [6.07, 6.45) is 2.05. The highest BCUT2D eigenvalue weighted by molar-refractivity contribution is 7.98. The molecule has 2 aromatic carbocycles. The van der Waals surface area contributed by atoms with Crippen molar-refractivity contribution in [2.45, 2.75) is 11.8 Å². The number of thioether (sulfide) groups is 1. The van der Waals surface area contributed by atoms with E-state index in [0.717, 1.165) is 22.4 Å². The van der Waals surface area contributed by atoms with E-state index >= 15 is 0 Å². The monoisotopic (exact) mass is 297 g/mol. The Kier molecular flexibility index (Phi) is 3.66. The summed E-state index contributed by atoms with van der Waals surface area (Å²) < 4.78 is 5.38. The van der Waals surface area contributed by atoms with Crippen molar-refractivity contribution < 1.29 is 4.52 Å². The van der Waals surface area contributed by atoms with Crippen molar-refractivity contribution >= 4 is 17.4 Å². The standard InChI is InChI=1S/C16H15N3OS/c1-10-9-12(17)5-8-14(10)16-18-15(19-20-16)11-3-6-13(21-2)7-4-11/h3-9H,17H2,1-2H3. The highest BCUT2D eigenvalue weighted by atomic mass is 32.2. The fourth-order valence-corrected chi connectivity index (χ4v) is 2.53. The molecule has 1 heterocycles. The summed E-state index contributed by atoms with van der Waals surface area (Å²) in [6.45, 7) is 1.98. The Morgan fingerprint density at radius 1 is 1.10 bits per heavy atom. The number of nitrogen functional groups attached to an aromatic ring is 1. The molecule has 106 valence electrons. The molecule has 3 aromatic rings. The molecule has 0 atom stereocenters. The number of anilines is 1. The van der Waals surface area contributed by atoms with E-state index in [-0.39, 0.29) is 0 Å². The molecule has 0 aliphatic heterocycles. The lowest BCUT2D eigenvalue weighted by molar-refractivity contribution is 0.432. The molecule has 1 aromatic heterocycles. The van der Waals surface area contributed by atoms with Gasteiger partial charge in [0.25, 0.3) is 5.89 Å². The minimum Gasteiger partial charge on any atom is -0.399 e. The van der Waals surface area contributed by atoms with E-state index < -0.39 is 0 Å². The Hall–Kier alpha value is -2.27.